The van der Waals surface area contributed by atoms with E-state index in [2.05, 4.69) is 12.2 Å². The second-order valence-electron chi connectivity index (χ2n) is 4.96. The molecule has 0 aromatic heterocycles. The van der Waals surface area contributed by atoms with Crippen molar-refractivity contribution in [3.8, 4) is 0 Å². The number of rotatable bonds is 4. The van der Waals surface area contributed by atoms with E-state index in [-0.39, 0.29) is 6.04 Å². The van der Waals surface area contributed by atoms with Crippen molar-refractivity contribution in [2.45, 2.75) is 44.7 Å². The Balaban J connectivity index is 2.57. The van der Waals surface area contributed by atoms with Gasteiger partial charge in [0.05, 0.1) is 6.61 Å². The zero-order valence-corrected chi connectivity index (χ0v) is 10.9. The molecule has 0 heterocycles. The van der Waals surface area contributed by atoms with E-state index >= 15 is 0 Å². The number of urea groups is 1. The fourth-order valence-corrected chi connectivity index (χ4v) is 2.46. The number of aliphatic carboxylic acids is 1. The number of nitrogens with zero attached hydrogens (tertiary/aromatic N) is 1. The number of aliphatic hydroxyl groups is 1. The van der Waals surface area contributed by atoms with Gasteiger partial charge in [-0.05, 0) is 18.8 Å². The first-order valence-corrected chi connectivity index (χ1v) is 6.34. The molecule has 1 aliphatic rings. The SMILES string of the molecule is CC1CCCCC1N(C)C(=O)N[C@@H](CO)C(=O)O. The summed E-state index contributed by atoms with van der Waals surface area (Å²) in [7, 11) is 1.68. The Morgan fingerprint density at radius 3 is 2.50 bits per heavy atom. The first-order valence-electron chi connectivity index (χ1n) is 6.34. The average molecular weight is 258 g/mol. The van der Waals surface area contributed by atoms with Crippen molar-refractivity contribution in [3.63, 3.8) is 0 Å². The molecule has 6 nitrogen and oxygen atoms in total. The van der Waals surface area contributed by atoms with Crippen LogP contribution in [0.1, 0.15) is 32.6 Å². The Morgan fingerprint density at radius 1 is 1.39 bits per heavy atom. The van der Waals surface area contributed by atoms with E-state index in [1.54, 1.807) is 11.9 Å². The minimum Gasteiger partial charge on any atom is -0.480 e. The molecule has 0 aliphatic heterocycles. The minimum atomic E-state index is -1.24. The van der Waals surface area contributed by atoms with Gasteiger partial charge in [0.15, 0.2) is 6.04 Å². The number of amides is 2. The molecule has 18 heavy (non-hydrogen) atoms. The van der Waals surface area contributed by atoms with E-state index in [1.807, 2.05) is 0 Å². The molecular weight excluding hydrogens is 236 g/mol. The summed E-state index contributed by atoms with van der Waals surface area (Å²) in [6, 6.07) is -1.53. The maximum atomic E-state index is 11.9. The Kier molecular flexibility index (Phi) is 5.40. The van der Waals surface area contributed by atoms with Gasteiger partial charge in [0.2, 0.25) is 0 Å². The maximum absolute atomic E-state index is 11.9. The van der Waals surface area contributed by atoms with Crippen molar-refractivity contribution in [1.29, 1.82) is 0 Å². The molecule has 104 valence electrons. The van der Waals surface area contributed by atoms with E-state index < -0.39 is 24.6 Å². The highest BCUT2D eigenvalue weighted by Crippen LogP contribution is 2.27. The van der Waals surface area contributed by atoms with E-state index in [0.29, 0.717) is 5.92 Å². The van der Waals surface area contributed by atoms with E-state index in [4.69, 9.17) is 10.2 Å². The summed E-state index contributed by atoms with van der Waals surface area (Å²) in [6.07, 6.45) is 4.31. The van der Waals surface area contributed by atoms with E-state index in [0.717, 1.165) is 19.3 Å². The van der Waals surface area contributed by atoms with Gasteiger partial charge in [0.25, 0.3) is 0 Å². The van der Waals surface area contributed by atoms with Crippen LogP contribution in [-0.2, 0) is 4.79 Å². The molecule has 0 saturated heterocycles. The monoisotopic (exact) mass is 258 g/mol. The molecule has 0 bridgehead atoms. The highest BCUT2D eigenvalue weighted by molar-refractivity contribution is 5.82. The first kappa shape index (κ1) is 14.8. The van der Waals surface area contributed by atoms with Crippen LogP contribution in [0.25, 0.3) is 0 Å². The van der Waals surface area contributed by atoms with Crippen molar-refractivity contribution >= 4 is 12.0 Å². The molecule has 1 fully saturated rings. The molecule has 0 aromatic carbocycles. The predicted octanol–water partition coefficient (Wildman–Crippen LogP) is 0.652. The third-order valence-electron chi connectivity index (χ3n) is 3.66. The number of carbonyl (C=O) groups is 2. The fraction of sp³-hybridized carbons (Fsp3) is 0.833. The lowest BCUT2D eigenvalue weighted by atomic mass is 9.85. The second kappa shape index (κ2) is 6.58. The number of carboxylic acids is 1. The summed E-state index contributed by atoms with van der Waals surface area (Å²) < 4.78 is 0. The van der Waals surface area contributed by atoms with Crippen LogP contribution in [0.5, 0.6) is 0 Å². The zero-order chi connectivity index (χ0) is 13.7. The number of hydrogen-bond acceptors (Lipinski definition) is 3. The van der Waals surface area contributed by atoms with Crippen LogP contribution in [0.2, 0.25) is 0 Å². The average Bonchev–Trinajstić information content (AvgIpc) is 2.35. The molecular formula is C12H22N2O4. The summed E-state index contributed by atoms with van der Waals surface area (Å²) in [4.78, 5) is 24.2. The summed E-state index contributed by atoms with van der Waals surface area (Å²) in [6.45, 7) is 1.50. The lowest BCUT2D eigenvalue weighted by molar-refractivity contribution is -0.140. The molecule has 2 unspecified atom stereocenters. The smallest absolute Gasteiger partial charge is 0.328 e. The third kappa shape index (κ3) is 3.60. The normalized spacial score (nSPS) is 25.3. The van der Waals surface area contributed by atoms with Crippen molar-refractivity contribution in [1.82, 2.24) is 10.2 Å². The van der Waals surface area contributed by atoms with Crippen molar-refractivity contribution in [2.75, 3.05) is 13.7 Å². The van der Waals surface area contributed by atoms with E-state index in [1.165, 1.54) is 6.42 Å². The van der Waals surface area contributed by atoms with Gasteiger partial charge in [-0.15, -0.1) is 0 Å². The molecule has 0 spiro atoms. The molecule has 6 heteroatoms. The maximum Gasteiger partial charge on any atom is 0.328 e. The van der Waals surface area contributed by atoms with Crippen LogP contribution in [0.3, 0.4) is 0 Å². The summed E-state index contributed by atoms with van der Waals surface area (Å²) in [5.41, 5.74) is 0. The van der Waals surface area contributed by atoms with Crippen LogP contribution in [0.15, 0.2) is 0 Å². The fourth-order valence-electron chi connectivity index (χ4n) is 2.46. The quantitative estimate of drug-likeness (QED) is 0.690. The minimum absolute atomic E-state index is 0.145. The van der Waals surface area contributed by atoms with Gasteiger partial charge in [-0.25, -0.2) is 9.59 Å². The summed E-state index contributed by atoms with van der Waals surface area (Å²) in [5.74, 6) is -0.803. The van der Waals surface area contributed by atoms with Crippen LogP contribution < -0.4 is 5.32 Å². The van der Waals surface area contributed by atoms with Crippen LogP contribution in [-0.4, -0.2) is 52.9 Å². The van der Waals surface area contributed by atoms with Crippen molar-refractivity contribution < 1.29 is 19.8 Å². The zero-order valence-electron chi connectivity index (χ0n) is 10.9. The van der Waals surface area contributed by atoms with Crippen molar-refractivity contribution in [3.05, 3.63) is 0 Å². The van der Waals surface area contributed by atoms with Gasteiger partial charge in [-0.3, -0.25) is 0 Å². The van der Waals surface area contributed by atoms with Crippen LogP contribution in [0.4, 0.5) is 4.79 Å². The largest absolute Gasteiger partial charge is 0.480 e. The van der Waals surface area contributed by atoms with Gasteiger partial charge in [-0.2, -0.15) is 0 Å². The van der Waals surface area contributed by atoms with Gasteiger partial charge in [0.1, 0.15) is 0 Å². The summed E-state index contributed by atoms with van der Waals surface area (Å²) in [5, 5.41) is 20.0. The molecule has 0 aromatic rings. The topological polar surface area (TPSA) is 89.9 Å². The number of carbonyl (C=O) groups excluding carboxylic acids is 1. The van der Waals surface area contributed by atoms with Gasteiger partial charge in [0, 0.05) is 13.1 Å². The highest BCUT2D eigenvalue weighted by Gasteiger charge is 2.29. The number of hydrogen-bond donors (Lipinski definition) is 3. The molecule has 1 aliphatic carbocycles. The first-order chi connectivity index (χ1) is 8.47. The predicted molar refractivity (Wildman–Crippen MR) is 66.2 cm³/mol. The standard InChI is InChI=1S/C12H22N2O4/c1-8-5-3-4-6-10(8)14(2)12(18)13-9(7-15)11(16)17/h8-10,15H,3-7H2,1-2H3,(H,13,18)(H,16,17)/t8?,9-,10?/m0/s1. The molecule has 0 radical (unpaired) electrons. The second-order valence-corrected chi connectivity index (χ2v) is 4.96. The summed E-state index contributed by atoms with van der Waals surface area (Å²) >= 11 is 0. The lowest BCUT2D eigenvalue weighted by Crippen LogP contribution is -2.52. The molecule has 3 atom stereocenters. The van der Waals surface area contributed by atoms with Gasteiger partial charge in [-0.1, -0.05) is 19.8 Å². The van der Waals surface area contributed by atoms with Gasteiger partial charge >= 0.3 is 12.0 Å². The lowest BCUT2D eigenvalue weighted by Gasteiger charge is -2.36. The highest BCUT2D eigenvalue weighted by atomic mass is 16.4. The molecule has 1 saturated carbocycles. The van der Waals surface area contributed by atoms with Crippen molar-refractivity contribution in [2.24, 2.45) is 5.92 Å². The van der Waals surface area contributed by atoms with E-state index in [9.17, 15) is 9.59 Å². The Morgan fingerprint density at radius 2 is 2.00 bits per heavy atom. The van der Waals surface area contributed by atoms with Crippen LogP contribution >= 0.6 is 0 Å². The number of nitrogens with one attached hydrogen (secondary N) is 1. The Bertz CT molecular complexity index is 308. The number of aliphatic hydroxyl groups excluding tert-OH is 1. The van der Waals surface area contributed by atoms with Gasteiger partial charge < -0.3 is 20.4 Å². The molecule has 2 amide bonds. The Hall–Kier alpha value is -1.30. The third-order valence-corrected chi connectivity index (χ3v) is 3.66. The number of carboxylic acid groups (broad SMARTS) is 1. The molecule has 3 N–H and O–H groups in total. The van der Waals surface area contributed by atoms with Crippen LogP contribution in [0, 0.1) is 5.92 Å². The molecule has 1 rings (SSSR count). The Labute approximate surface area is 107 Å².